The molecular formula is C11H11N3S. The molecule has 1 atom stereocenters. The highest BCUT2D eigenvalue weighted by molar-refractivity contribution is 8.14. The Kier molecular flexibility index (Phi) is 2.02. The summed E-state index contributed by atoms with van der Waals surface area (Å²) in [5.74, 6) is 1.08. The Morgan fingerprint density at radius 2 is 2.47 bits per heavy atom. The Labute approximate surface area is 92.0 Å². The predicted molar refractivity (Wildman–Crippen MR) is 64.6 cm³/mol. The number of rotatable bonds is 1. The quantitative estimate of drug-likeness (QED) is 0.797. The largest absolute Gasteiger partial charge is 0.359 e. The van der Waals surface area contributed by atoms with Gasteiger partial charge in [-0.15, -0.1) is 11.8 Å². The van der Waals surface area contributed by atoms with Crippen LogP contribution < -0.4 is 0 Å². The first-order valence-corrected chi connectivity index (χ1v) is 5.96. The van der Waals surface area contributed by atoms with Crippen LogP contribution in [0.2, 0.25) is 0 Å². The maximum atomic E-state index is 4.60. The van der Waals surface area contributed by atoms with Crippen molar-refractivity contribution >= 4 is 27.8 Å². The fraction of sp³-hybridized carbons (Fsp3) is 0.273. The van der Waals surface area contributed by atoms with Crippen LogP contribution in [0.1, 0.15) is 12.5 Å². The molecule has 0 spiro atoms. The molecule has 4 heteroatoms. The van der Waals surface area contributed by atoms with Gasteiger partial charge in [-0.2, -0.15) is 0 Å². The van der Waals surface area contributed by atoms with E-state index in [0.717, 1.165) is 27.4 Å². The van der Waals surface area contributed by atoms with E-state index >= 15 is 0 Å². The topological polar surface area (TPSA) is 41.0 Å². The fourth-order valence-electron chi connectivity index (χ4n) is 1.74. The van der Waals surface area contributed by atoms with Gasteiger partial charge in [-0.05, 0) is 19.1 Å². The van der Waals surface area contributed by atoms with Crippen molar-refractivity contribution in [3.05, 3.63) is 30.1 Å². The molecule has 2 aromatic rings. The fourth-order valence-corrected chi connectivity index (χ4v) is 2.78. The first-order chi connectivity index (χ1) is 7.34. The first-order valence-electron chi connectivity index (χ1n) is 4.97. The number of nitrogens with zero attached hydrogens (tertiary/aromatic N) is 2. The Hall–Kier alpha value is -1.29. The Balaban J connectivity index is 2.15. The number of fused-ring (bicyclic) bond motifs is 1. The summed E-state index contributed by atoms with van der Waals surface area (Å²) >= 11 is 1.81. The maximum Gasteiger partial charge on any atom is 0.102 e. The highest BCUT2D eigenvalue weighted by Gasteiger charge is 2.18. The van der Waals surface area contributed by atoms with Crippen molar-refractivity contribution in [3.63, 3.8) is 0 Å². The van der Waals surface area contributed by atoms with Gasteiger partial charge in [0.25, 0.3) is 0 Å². The van der Waals surface area contributed by atoms with E-state index in [2.05, 4.69) is 21.9 Å². The number of aromatic nitrogens is 2. The van der Waals surface area contributed by atoms with Gasteiger partial charge in [-0.25, -0.2) is 0 Å². The Morgan fingerprint density at radius 3 is 3.27 bits per heavy atom. The van der Waals surface area contributed by atoms with Gasteiger partial charge in [0.05, 0.1) is 22.6 Å². The van der Waals surface area contributed by atoms with Crippen LogP contribution in [0.25, 0.3) is 11.0 Å². The third kappa shape index (κ3) is 1.45. The predicted octanol–water partition coefficient (Wildman–Crippen LogP) is 2.44. The molecule has 2 aromatic heterocycles. The second-order valence-corrected chi connectivity index (χ2v) is 4.70. The molecule has 0 radical (unpaired) electrons. The van der Waals surface area contributed by atoms with Gasteiger partial charge in [-0.3, -0.25) is 9.98 Å². The summed E-state index contributed by atoms with van der Waals surface area (Å²) in [4.78, 5) is 12.2. The lowest BCUT2D eigenvalue weighted by Crippen LogP contribution is -1.93. The average Bonchev–Trinajstić information content (AvgIpc) is 2.83. The lowest BCUT2D eigenvalue weighted by Gasteiger charge is -1.95. The number of hydrogen-bond acceptors (Lipinski definition) is 3. The van der Waals surface area contributed by atoms with E-state index in [-0.39, 0.29) is 0 Å². The highest BCUT2D eigenvalue weighted by Crippen LogP contribution is 2.26. The smallest absolute Gasteiger partial charge is 0.102 e. The second-order valence-electron chi connectivity index (χ2n) is 3.70. The summed E-state index contributed by atoms with van der Waals surface area (Å²) in [5.41, 5.74) is 3.24. The molecule has 76 valence electrons. The number of pyridine rings is 1. The molecule has 3 nitrogen and oxygen atoms in total. The van der Waals surface area contributed by atoms with Gasteiger partial charge < -0.3 is 4.98 Å². The van der Waals surface area contributed by atoms with E-state index in [0.29, 0.717) is 6.04 Å². The van der Waals surface area contributed by atoms with Gasteiger partial charge in [0.15, 0.2) is 0 Å². The third-order valence-corrected chi connectivity index (χ3v) is 3.71. The van der Waals surface area contributed by atoms with Crippen LogP contribution >= 0.6 is 11.8 Å². The van der Waals surface area contributed by atoms with Crippen molar-refractivity contribution in [1.29, 1.82) is 0 Å². The van der Waals surface area contributed by atoms with Crippen molar-refractivity contribution in [2.75, 3.05) is 5.75 Å². The SMILES string of the molecule is CC1CSC(c2c[nH]c3cccnc23)=N1. The summed E-state index contributed by atoms with van der Waals surface area (Å²) in [6.45, 7) is 2.14. The van der Waals surface area contributed by atoms with Gasteiger partial charge in [-0.1, -0.05) is 0 Å². The maximum absolute atomic E-state index is 4.60. The Morgan fingerprint density at radius 1 is 1.53 bits per heavy atom. The molecule has 15 heavy (non-hydrogen) atoms. The summed E-state index contributed by atoms with van der Waals surface area (Å²) in [6, 6.07) is 4.41. The summed E-state index contributed by atoms with van der Waals surface area (Å²) in [6.07, 6.45) is 3.82. The van der Waals surface area contributed by atoms with Gasteiger partial charge in [0.1, 0.15) is 5.04 Å². The molecule has 3 heterocycles. The molecule has 0 saturated heterocycles. The number of nitrogens with one attached hydrogen (secondary N) is 1. The third-order valence-electron chi connectivity index (χ3n) is 2.46. The lowest BCUT2D eigenvalue weighted by atomic mass is 10.3. The van der Waals surface area contributed by atoms with Gasteiger partial charge >= 0.3 is 0 Å². The normalized spacial score (nSPS) is 20.9. The molecule has 3 rings (SSSR count). The molecule has 0 fully saturated rings. The van der Waals surface area contributed by atoms with E-state index < -0.39 is 0 Å². The Bertz CT molecular complexity index is 529. The lowest BCUT2D eigenvalue weighted by molar-refractivity contribution is 0.865. The van der Waals surface area contributed by atoms with Crippen LogP contribution in [0.5, 0.6) is 0 Å². The van der Waals surface area contributed by atoms with Crippen molar-refractivity contribution in [3.8, 4) is 0 Å². The highest BCUT2D eigenvalue weighted by atomic mass is 32.2. The standard InChI is InChI=1S/C11H11N3S/c1-7-6-15-11(14-7)8-5-13-9-3-2-4-12-10(8)9/h2-5,7,13H,6H2,1H3. The van der Waals surface area contributed by atoms with Crippen LogP contribution in [-0.4, -0.2) is 26.8 Å². The van der Waals surface area contributed by atoms with Crippen molar-refractivity contribution in [1.82, 2.24) is 9.97 Å². The number of hydrogen-bond donors (Lipinski definition) is 1. The molecule has 0 saturated carbocycles. The van der Waals surface area contributed by atoms with Gasteiger partial charge in [0, 0.05) is 18.1 Å². The van der Waals surface area contributed by atoms with E-state index in [4.69, 9.17) is 0 Å². The van der Waals surface area contributed by atoms with Crippen molar-refractivity contribution in [2.45, 2.75) is 13.0 Å². The molecule has 0 aromatic carbocycles. The molecule has 1 aliphatic rings. The number of aromatic amines is 1. The first kappa shape index (κ1) is 8.97. The van der Waals surface area contributed by atoms with Crippen LogP contribution in [0.15, 0.2) is 29.5 Å². The van der Waals surface area contributed by atoms with Crippen LogP contribution in [0.3, 0.4) is 0 Å². The van der Waals surface area contributed by atoms with Crippen molar-refractivity contribution in [2.24, 2.45) is 4.99 Å². The summed E-state index contributed by atoms with van der Waals surface area (Å²) in [5, 5.41) is 1.12. The van der Waals surface area contributed by atoms with Gasteiger partial charge in [0.2, 0.25) is 0 Å². The zero-order valence-corrected chi connectivity index (χ0v) is 9.21. The molecule has 0 bridgehead atoms. The molecule has 0 aliphatic carbocycles. The van der Waals surface area contributed by atoms with E-state index in [1.54, 1.807) is 0 Å². The molecule has 1 N–H and O–H groups in total. The van der Waals surface area contributed by atoms with E-state index in [9.17, 15) is 0 Å². The molecule has 1 unspecified atom stereocenters. The minimum absolute atomic E-state index is 0.429. The van der Waals surface area contributed by atoms with Crippen LogP contribution in [-0.2, 0) is 0 Å². The van der Waals surface area contributed by atoms with Crippen LogP contribution in [0.4, 0.5) is 0 Å². The number of thioether (sulfide) groups is 1. The zero-order valence-electron chi connectivity index (χ0n) is 8.40. The number of H-pyrrole nitrogens is 1. The average molecular weight is 217 g/mol. The van der Waals surface area contributed by atoms with E-state index in [1.165, 1.54) is 0 Å². The summed E-state index contributed by atoms with van der Waals surface area (Å²) in [7, 11) is 0. The van der Waals surface area contributed by atoms with Crippen LogP contribution in [0, 0.1) is 0 Å². The second kappa shape index (κ2) is 3.38. The zero-order chi connectivity index (χ0) is 10.3. The van der Waals surface area contributed by atoms with E-state index in [1.807, 2.05) is 36.3 Å². The summed E-state index contributed by atoms with van der Waals surface area (Å²) < 4.78 is 0. The number of aliphatic imine (C=N–C) groups is 1. The minimum Gasteiger partial charge on any atom is -0.359 e. The molecule has 1 aliphatic heterocycles. The van der Waals surface area contributed by atoms with Crippen molar-refractivity contribution < 1.29 is 0 Å². The monoisotopic (exact) mass is 217 g/mol. The minimum atomic E-state index is 0.429. The molecular weight excluding hydrogens is 206 g/mol. The molecule has 0 amide bonds.